The number of ether oxygens (including phenoxy) is 3. The normalized spacial score (nSPS) is 13.8. The highest BCUT2D eigenvalue weighted by atomic mass is 19.1. The van der Waals surface area contributed by atoms with Gasteiger partial charge in [0.15, 0.2) is 23.1 Å². The summed E-state index contributed by atoms with van der Waals surface area (Å²) in [7, 11) is 1.53. The first-order chi connectivity index (χ1) is 22.6. The predicted molar refractivity (Wildman–Crippen MR) is 183 cm³/mol. The molecule has 2 heterocycles. The lowest BCUT2D eigenvalue weighted by atomic mass is 9.95. The fourth-order valence-corrected chi connectivity index (χ4v) is 5.56. The Morgan fingerprint density at radius 3 is 2.49 bits per heavy atom. The van der Waals surface area contributed by atoms with E-state index in [-0.39, 0.29) is 17.5 Å². The average Bonchev–Trinajstić information content (AvgIpc) is 3.04. The van der Waals surface area contributed by atoms with E-state index in [1.807, 2.05) is 51.1 Å². The van der Waals surface area contributed by atoms with Crippen molar-refractivity contribution in [1.29, 1.82) is 0 Å². The van der Waals surface area contributed by atoms with Crippen LogP contribution < -0.4 is 24.8 Å². The Morgan fingerprint density at radius 1 is 0.979 bits per heavy atom. The van der Waals surface area contributed by atoms with Crippen LogP contribution in [0.4, 0.5) is 26.6 Å². The molecule has 0 radical (unpaired) electrons. The highest BCUT2D eigenvalue weighted by Crippen LogP contribution is 2.41. The molecule has 3 aromatic carbocycles. The van der Waals surface area contributed by atoms with E-state index in [0.29, 0.717) is 29.8 Å². The van der Waals surface area contributed by atoms with E-state index in [0.717, 1.165) is 60.5 Å². The van der Waals surface area contributed by atoms with Gasteiger partial charge in [-0.25, -0.2) is 14.2 Å². The molecule has 1 saturated heterocycles. The number of hydrogen-bond acceptors (Lipinski definition) is 9. The number of amides is 1. The van der Waals surface area contributed by atoms with Gasteiger partial charge in [-0.2, -0.15) is 4.98 Å². The van der Waals surface area contributed by atoms with Crippen molar-refractivity contribution in [2.24, 2.45) is 0 Å². The van der Waals surface area contributed by atoms with Gasteiger partial charge in [0.25, 0.3) is 0 Å². The van der Waals surface area contributed by atoms with Gasteiger partial charge < -0.3 is 19.5 Å². The van der Waals surface area contributed by atoms with E-state index < -0.39 is 11.9 Å². The molecule has 248 valence electrons. The zero-order valence-electron chi connectivity index (χ0n) is 27.9. The minimum Gasteiger partial charge on any atom is -0.493 e. The molecule has 1 aliphatic rings. The van der Waals surface area contributed by atoms with Crippen LogP contribution in [0.15, 0.2) is 60.8 Å². The van der Waals surface area contributed by atoms with Crippen molar-refractivity contribution in [1.82, 2.24) is 19.8 Å². The van der Waals surface area contributed by atoms with Gasteiger partial charge in [-0.1, -0.05) is 18.2 Å². The summed E-state index contributed by atoms with van der Waals surface area (Å²) in [6.07, 6.45) is 0.728. The standard InChI is InChI=1S/C36H43FN6O4/c1-23(2)43-16-14-42(15-17-43)18-19-46-31-11-10-27(22-30(31)37)39-35-38-13-12-33(40-35)41-36(44)47-34-29(20-24(3)21-32(34)45-6)28-9-7-8-25(4)26(28)5/h7-13,20-23H,14-19H2,1-6H3,(H2,38,39,40,41,44). The molecule has 0 unspecified atom stereocenters. The van der Waals surface area contributed by atoms with Gasteiger partial charge in [-0.05, 0) is 87.2 Å². The number of rotatable bonds is 11. The number of piperazine rings is 1. The minimum absolute atomic E-state index is 0.167. The molecule has 0 spiro atoms. The third-order valence-corrected chi connectivity index (χ3v) is 8.38. The fourth-order valence-electron chi connectivity index (χ4n) is 5.56. The molecular formula is C36H43FN6O4. The second kappa shape index (κ2) is 15.2. The third kappa shape index (κ3) is 8.55. The first kappa shape index (κ1) is 33.6. The van der Waals surface area contributed by atoms with Crippen LogP contribution in [0.2, 0.25) is 0 Å². The number of halogens is 1. The Kier molecular flexibility index (Phi) is 10.9. The summed E-state index contributed by atoms with van der Waals surface area (Å²) >= 11 is 0. The van der Waals surface area contributed by atoms with Crippen molar-refractivity contribution in [2.45, 2.75) is 40.7 Å². The van der Waals surface area contributed by atoms with Crippen molar-refractivity contribution in [3.8, 4) is 28.4 Å². The number of aryl methyl sites for hydroxylation is 2. The van der Waals surface area contributed by atoms with Crippen molar-refractivity contribution in [3.05, 3.63) is 83.3 Å². The van der Waals surface area contributed by atoms with Gasteiger partial charge in [0.1, 0.15) is 12.4 Å². The number of carbonyl (C=O) groups is 1. The number of benzene rings is 3. The van der Waals surface area contributed by atoms with E-state index >= 15 is 0 Å². The molecule has 2 N–H and O–H groups in total. The first-order valence-corrected chi connectivity index (χ1v) is 15.8. The molecule has 0 bridgehead atoms. The Bertz CT molecular complexity index is 1710. The van der Waals surface area contributed by atoms with Crippen LogP contribution in [0.25, 0.3) is 11.1 Å². The SMILES string of the molecule is COc1cc(C)cc(-c2cccc(C)c2C)c1OC(=O)Nc1ccnc(Nc2ccc(OCCN3CCN(C(C)C)CC3)c(F)c2)n1. The van der Waals surface area contributed by atoms with Crippen LogP contribution in [0.5, 0.6) is 17.2 Å². The first-order valence-electron chi connectivity index (χ1n) is 15.8. The smallest absolute Gasteiger partial charge is 0.418 e. The van der Waals surface area contributed by atoms with Crippen LogP contribution in [0.1, 0.15) is 30.5 Å². The largest absolute Gasteiger partial charge is 0.493 e. The summed E-state index contributed by atoms with van der Waals surface area (Å²) in [4.78, 5) is 26.5. The van der Waals surface area contributed by atoms with Gasteiger partial charge >= 0.3 is 6.09 Å². The maximum atomic E-state index is 14.9. The Hall–Kier alpha value is -4.74. The molecule has 0 atom stereocenters. The highest BCUT2D eigenvalue weighted by molar-refractivity contribution is 5.88. The van der Waals surface area contributed by atoms with Crippen molar-refractivity contribution >= 4 is 23.5 Å². The number of aromatic nitrogens is 2. The molecule has 47 heavy (non-hydrogen) atoms. The lowest BCUT2D eigenvalue weighted by Gasteiger charge is -2.36. The number of nitrogens with one attached hydrogen (secondary N) is 2. The van der Waals surface area contributed by atoms with Gasteiger partial charge in [0.05, 0.1) is 7.11 Å². The molecule has 4 aromatic rings. The van der Waals surface area contributed by atoms with Crippen molar-refractivity contribution in [2.75, 3.05) is 57.1 Å². The summed E-state index contributed by atoms with van der Waals surface area (Å²) < 4.78 is 32.1. The van der Waals surface area contributed by atoms with E-state index in [9.17, 15) is 9.18 Å². The predicted octanol–water partition coefficient (Wildman–Crippen LogP) is 6.98. The summed E-state index contributed by atoms with van der Waals surface area (Å²) in [5.74, 6) is 0.775. The molecule has 1 amide bonds. The lowest BCUT2D eigenvalue weighted by molar-refractivity contribution is 0.0965. The topological polar surface area (TPSA) is 101 Å². The summed E-state index contributed by atoms with van der Waals surface area (Å²) in [6.45, 7) is 15.6. The number of hydrogen-bond donors (Lipinski definition) is 2. The summed E-state index contributed by atoms with van der Waals surface area (Å²) in [5.41, 5.74) is 5.26. The summed E-state index contributed by atoms with van der Waals surface area (Å²) in [5, 5.41) is 5.64. The van der Waals surface area contributed by atoms with Crippen molar-refractivity contribution in [3.63, 3.8) is 0 Å². The highest BCUT2D eigenvalue weighted by Gasteiger charge is 2.21. The molecule has 5 rings (SSSR count). The molecule has 11 heteroatoms. The average molecular weight is 643 g/mol. The Balaban J connectivity index is 1.20. The molecule has 1 fully saturated rings. The maximum absolute atomic E-state index is 14.9. The van der Waals surface area contributed by atoms with Crippen LogP contribution in [0.3, 0.4) is 0 Å². The minimum atomic E-state index is -0.752. The number of carbonyl (C=O) groups excluding carboxylic acids is 1. The van der Waals surface area contributed by atoms with Gasteiger partial charge in [0, 0.05) is 62.3 Å². The van der Waals surface area contributed by atoms with Crippen LogP contribution in [-0.2, 0) is 0 Å². The Labute approximate surface area is 275 Å². The molecule has 1 aromatic heterocycles. The number of methoxy groups -OCH3 is 1. The van der Waals surface area contributed by atoms with Gasteiger partial charge in [0.2, 0.25) is 5.95 Å². The maximum Gasteiger partial charge on any atom is 0.418 e. The third-order valence-electron chi connectivity index (χ3n) is 8.38. The van der Waals surface area contributed by atoms with E-state index in [4.69, 9.17) is 14.2 Å². The number of anilines is 3. The molecule has 0 aliphatic carbocycles. The van der Waals surface area contributed by atoms with Crippen LogP contribution in [-0.4, -0.2) is 78.3 Å². The van der Waals surface area contributed by atoms with Crippen LogP contribution in [0, 0.1) is 26.6 Å². The summed E-state index contributed by atoms with van der Waals surface area (Å²) in [6, 6.07) is 16.4. The van der Waals surface area contributed by atoms with E-state index in [1.165, 1.54) is 25.4 Å². The molecule has 0 saturated carbocycles. The zero-order chi connectivity index (χ0) is 33.5. The quantitative estimate of drug-likeness (QED) is 0.180. The van der Waals surface area contributed by atoms with E-state index in [1.54, 1.807) is 12.1 Å². The molecule has 10 nitrogen and oxygen atoms in total. The van der Waals surface area contributed by atoms with Crippen LogP contribution >= 0.6 is 0 Å². The fraction of sp³-hybridized carbons (Fsp3) is 0.361. The monoisotopic (exact) mass is 642 g/mol. The molecular weight excluding hydrogens is 599 g/mol. The van der Waals surface area contributed by atoms with Gasteiger partial charge in [-0.3, -0.25) is 15.1 Å². The van der Waals surface area contributed by atoms with E-state index in [2.05, 4.69) is 44.2 Å². The second-order valence-electron chi connectivity index (χ2n) is 12.0. The Morgan fingerprint density at radius 2 is 1.77 bits per heavy atom. The second-order valence-corrected chi connectivity index (χ2v) is 12.0. The van der Waals surface area contributed by atoms with Gasteiger partial charge in [-0.15, -0.1) is 0 Å². The molecule has 1 aliphatic heterocycles. The lowest BCUT2D eigenvalue weighted by Crippen LogP contribution is -2.49. The number of nitrogens with zero attached hydrogens (tertiary/aromatic N) is 4. The zero-order valence-corrected chi connectivity index (χ0v) is 27.9. The van der Waals surface area contributed by atoms with Crippen molar-refractivity contribution < 1.29 is 23.4 Å².